The molecule has 2 saturated heterocycles. The number of fused-ring (bicyclic) bond motifs is 2. The van der Waals surface area contributed by atoms with Crippen LogP contribution in [0.4, 0.5) is 0 Å². The second-order valence-electron chi connectivity index (χ2n) is 9.52. The maximum Gasteiger partial charge on any atom is -0.0104 e. The van der Waals surface area contributed by atoms with Crippen LogP contribution in [0.3, 0.4) is 0 Å². The van der Waals surface area contributed by atoms with E-state index in [9.17, 15) is 0 Å². The van der Waals surface area contributed by atoms with Crippen molar-refractivity contribution in [3.05, 3.63) is 12.2 Å². The summed E-state index contributed by atoms with van der Waals surface area (Å²) in [6.45, 7) is 19.2. The molecule has 0 aromatic carbocycles. The van der Waals surface area contributed by atoms with Crippen LogP contribution < -0.4 is 0 Å². The quantitative estimate of drug-likeness (QED) is 0.375. The molecule has 0 saturated carbocycles. The molecule has 2 heteroatoms. The second-order valence-corrected chi connectivity index (χ2v) is 16.2. The molecule has 22 heavy (non-hydrogen) atoms. The molecule has 0 aliphatic carbocycles. The molecule has 128 valence electrons. The molecule has 0 N–H and O–H groups in total. The minimum atomic E-state index is -0.0130. The van der Waals surface area contributed by atoms with Crippen molar-refractivity contribution >= 4 is 15.8 Å². The minimum Gasteiger partial charge on any atom is -0.0991 e. The molecule has 2 fully saturated rings. The molecule has 2 rings (SSSR count). The molecule has 0 atom stereocenters. The first kappa shape index (κ1) is 18.9. The molecule has 2 bridgehead atoms. The number of hydrogen-bond acceptors (Lipinski definition) is 0. The summed E-state index contributed by atoms with van der Waals surface area (Å²) in [5.74, 6) is 0. The third-order valence-corrected chi connectivity index (χ3v) is 13.2. The third kappa shape index (κ3) is 4.80. The standard InChI is InChI=1S/C20H38P2/c1-16(15-22(19(2,3)4)20(5,6)7)14-21-17-10-8-11-18(21)13-9-12-17/h17-18H,1,8-15H2,2-7H3. The molecule has 0 aromatic heterocycles. The predicted molar refractivity (Wildman–Crippen MR) is 107 cm³/mol. The van der Waals surface area contributed by atoms with E-state index in [4.69, 9.17) is 0 Å². The molecule has 0 nitrogen and oxygen atoms in total. The van der Waals surface area contributed by atoms with Gasteiger partial charge in [0.1, 0.15) is 0 Å². The van der Waals surface area contributed by atoms with Gasteiger partial charge in [-0.3, -0.25) is 0 Å². The van der Waals surface area contributed by atoms with Gasteiger partial charge in [0.15, 0.2) is 0 Å². The zero-order chi connectivity index (χ0) is 16.5. The highest BCUT2D eigenvalue weighted by Crippen LogP contribution is 2.63. The third-order valence-electron chi connectivity index (χ3n) is 5.49. The highest BCUT2D eigenvalue weighted by molar-refractivity contribution is 7.61. The van der Waals surface area contributed by atoms with Gasteiger partial charge < -0.3 is 0 Å². The Morgan fingerprint density at radius 2 is 1.32 bits per heavy atom. The van der Waals surface area contributed by atoms with Crippen molar-refractivity contribution in [2.45, 2.75) is 102 Å². The molecule has 0 radical (unpaired) electrons. The first-order chi connectivity index (χ1) is 10.1. The average Bonchev–Trinajstić information content (AvgIpc) is 2.33. The number of allylic oxidation sites excluding steroid dienone is 1. The van der Waals surface area contributed by atoms with Crippen molar-refractivity contribution in [2.24, 2.45) is 0 Å². The van der Waals surface area contributed by atoms with Gasteiger partial charge in [-0.2, -0.15) is 0 Å². The van der Waals surface area contributed by atoms with Crippen molar-refractivity contribution < 1.29 is 0 Å². The maximum absolute atomic E-state index is 4.58. The van der Waals surface area contributed by atoms with Gasteiger partial charge in [0.2, 0.25) is 0 Å². The smallest absolute Gasteiger partial charge is 0.0104 e. The first-order valence-electron chi connectivity index (χ1n) is 9.29. The summed E-state index contributed by atoms with van der Waals surface area (Å²) in [6, 6.07) is 0. The Balaban J connectivity index is 1.99. The van der Waals surface area contributed by atoms with Gasteiger partial charge in [-0.15, -0.1) is 0 Å². The van der Waals surface area contributed by atoms with E-state index in [2.05, 4.69) is 48.1 Å². The molecular weight excluding hydrogens is 302 g/mol. The molecule has 2 heterocycles. The zero-order valence-corrected chi connectivity index (χ0v) is 17.7. The SMILES string of the molecule is C=C(CP1C2CCCC1CCC2)CP(C(C)(C)C)C(C)(C)C. The Kier molecular flexibility index (Phi) is 6.22. The van der Waals surface area contributed by atoms with E-state index in [-0.39, 0.29) is 15.8 Å². The lowest BCUT2D eigenvalue weighted by Gasteiger charge is -2.45. The van der Waals surface area contributed by atoms with E-state index in [1.165, 1.54) is 50.8 Å². The van der Waals surface area contributed by atoms with Crippen LogP contribution in [0, 0.1) is 0 Å². The summed E-state index contributed by atoms with van der Waals surface area (Å²) in [4.78, 5) is 0. The van der Waals surface area contributed by atoms with Crippen molar-refractivity contribution in [1.82, 2.24) is 0 Å². The Morgan fingerprint density at radius 3 is 1.68 bits per heavy atom. The number of hydrogen-bond donors (Lipinski definition) is 0. The highest BCUT2D eigenvalue weighted by Gasteiger charge is 2.38. The van der Waals surface area contributed by atoms with Crippen LogP contribution in [0.25, 0.3) is 0 Å². The molecule has 0 amide bonds. The van der Waals surface area contributed by atoms with E-state index in [0.29, 0.717) is 10.3 Å². The van der Waals surface area contributed by atoms with Gasteiger partial charge in [0.05, 0.1) is 0 Å². The van der Waals surface area contributed by atoms with Gasteiger partial charge in [-0.05, 0) is 59.6 Å². The first-order valence-corrected chi connectivity index (χ1v) is 12.5. The average molecular weight is 340 g/mol. The molecule has 0 unspecified atom stereocenters. The van der Waals surface area contributed by atoms with Crippen molar-refractivity contribution in [3.63, 3.8) is 0 Å². The summed E-state index contributed by atoms with van der Waals surface area (Å²) < 4.78 is 0. The lowest BCUT2D eigenvalue weighted by Crippen LogP contribution is -2.29. The van der Waals surface area contributed by atoms with Gasteiger partial charge in [-0.25, -0.2) is 0 Å². The normalized spacial score (nSPS) is 29.7. The van der Waals surface area contributed by atoms with Crippen LogP contribution in [0.5, 0.6) is 0 Å². The zero-order valence-electron chi connectivity index (χ0n) is 15.9. The lowest BCUT2D eigenvalue weighted by molar-refractivity contribution is 0.476. The summed E-state index contributed by atoms with van der Waals surface area (Å²) in [5, 5.41) is 0.873. The highest BCUT2D eigenvalue weighted by atomic mass is 31.1. The molecule has 2 aliphatic heterocycles. The van der Waals surface area contributed by atoms with Crippen LogP contribution >= 0.6 is 15.8 Å². The fraction of sp³-hybridized carbons (Fsp3) is 0.900. The van der Waals surface area contributed by atoms with Crippen molar-refractivity contribution in [2.75, 3.05) is 12.3 Å². The van der Waals surface area contributed by atoms with E-state index < -0.39 is 0 Å². The largest absolute Gasteiger partial charge is 0.0991 e. The van der Waals surface area contributed by atoms with Crippen LogP contribution in [0.2, 0.25) is 0 Å². The van der Waals surface area contributed by atoms with Crippen LogP contribution in [0.1, 0.15) is 80.1 Å². The van der Waals surface area contributed by atoms with Crippen LogP contribution in [0.15, 0.2) is 12.2 Å². The Hall–Kier alpha value is 0.600. The Morgan fingerprint density at radius 1 is 0.909 bits per heavy atom. The molecule has 0 spiro atoms. The van der Waals surface area contributed by atoms with Crippen LogP contribution in [-0.4, -0.2) is 34.0 Å². The van der Waals surface area contributed by atoms with Crippen molar-refractivity contribution in [3.8, 4) is 0 Å². The van der Waals surface area contributed by atoms with E-state index in [1.807, 2.05) is 0 Å². The fourth-order valence-corrected chi connectivity index (χ4v) is 12.2. The fourth-order valence-electron chi connectivity index (χ4n) is 4.70. The minimum absolute atomic E-state index is 0.0130. The van der Waals surface area contributed by atoms with E-state index in [0.717, 1.165) is 11.3 Å². The molecule has 0 aromatic rings. The lowest BCUT2D eigenvalue weighted by atomic mass is 9.99. The summed E-state index contributed by atoms with van der Waals surface area (Å²) >= 11 is 0. The topological polar surface area (TPSA) is 0 Å². The van der Waals surface area contributed by atoms with Gasteiger partial charge in [0, 0.05) is 0 Å². The summed E-state index contributed by atoms with van der Waals surface area (Å²) in [7, 11) is 0.246. The van der Waals surface area contributed by atoms with Crippen LogP contribution in [-0.2, 0) is 0 Å². The number of rotatable bonds is 4. The van der Waals surface area contributed by atoms with Crippen molar-refractivity contribution in [1.29, 1.82) is 0 Å². The molecule has 2 aliphatic rings. The predicted octanol–water partition coefficient (Wildman–Crippen LogP) is 7.21. The summed E-state index contributed by atoms with van der Waals surface area (Å²) in [6.07, 6.45) is 11.8. The molecular formula is C20H38P2. The maximum atomic E-state index is 4.58. The van der Waals surface area contributed by atoms with Gasteiger partial charge in [-0.1, -0.05) is 82.4 Å². The Labute approximate surface area is 142 Å². The second kappa shape index (κ2) is 7.23. The monoisotopic (exact) mass is 340 g/mol. The van der Waals surface area contributed by atoms with Gasteiger partial charge >= 0.3 is 0 Å². The van der Waals surface area contributed by atoms with E-state index in [1.54, 1.807) is 5.57 Å². The van der Waals surface area contributed by atoms with Gasteiger partial charge in [0.25, 0.3) is 0 Å². The summed E-state index contributed by atoms with van der Waals surface area (Å²) in [5.41, 5.74) is 3.78. The van der Waals surface area contributed by atoms with E-state index >= 15 is 0 Å². The Bertz CT molecular complexity index is 349.